The van der Waals surface area contributed by atoms with Crippen molar-refractivity contribution in [3.8, 4) is 0 Å². The van der Waals surface area contributed by atoms with Gasteiger partial charge in [0.05, 0.1) is 16.3 Å². The van der Waals surface area contributed by atoms with Crippen LogP contribution in [-0.2, 0) is 6.54 Å². The highest BCUT2D eigenvalue weighted by molar-refractivity contribution is 7.98. The number of aromatic nitrogens is 2. The fraction of sp³-hybridized carbons (Fsp3) is 0.214. The second-order valence-electron chi connectivity index (χ2n) is 4.41. The molecule has 1 heterocycles. The van der Waals surface area contributed by atoms with Crippen LogP contribution in [0.15, 0.2) is 29.3 Å². The zero-order valence-electron chi connectivity index (χ0n) is 12.1. The van der Waals surface area contributed by atoms with Gasteiger partial charge in [-0.05, 0) is 31.4 Å². The maximum Gasteiger partial charge on any atom is 0.271 e. The van der Waals surface area contributed by atoms with Crippen molar-refractivity contribution in [2.45, 2.75) is 18.4 Å². The van der Waals surface area contributed by atoms with Crippen LogP contribution < -0.4 is 11.1 Å². The third kappa shape index (κ3) is 3.42. The van der Waals surface area contributed by atoms with E-state index in [2.05, 4.69) is 10.4 Å². The van der Waals surface area contributed by atoms with Gasteiger partial charge in [0.1, 0.15) is 0 Å². The number of carbonyl (C=O) groups excluding carboxylic acids is 2. The van der Waals surface area contributed by atoms with Crippen LogP contribution >= 0.6 is 23.4 Å². The molecule has 6 nitrogen and oxygen atoms in total. The van der Waals surface area contributed by atoms with Crippen molar-refractivity contribution in [2.75, 3.05) is 11.6 Å². The molecule has 0 aliphatic rings. The average molecular weight is 339 g/mol. The van der Waals surface area contributed by atoms with Crippen LogP contribution in [0.2, 0.25) is 5.02 Å². The van der Waals surface area contributed by atoms with Gasteiger partial charge in [0.15, 0.2) is 5.69 Å². The van der Waals surface area contributed by atoms with Crippen molar-refractivity contribution in [1.29, 1.82) is 0 Å². The van der Waals surface area contributed by atoms with Crippen molar-refractivity contribution in [3.05, 3.63) is 40.7 Å². The van der Waals surface area contributed by atoms with Gasteiger partial charge in [0.2, 0.25) is 0 Å². The lowest BCUT2D eigenvalue weighted by Gasteiger charge is -2.07. The first kappa shape index (κ1) is 16.4. The predicted molar refractivity (Wildman–Crippen MR) is 87.6 cm³/mol. The zero-order chi connectivity index (χ0) is 16.3. The lowest BCUT2D eigenvalue weighted by atomic mass is 10.2. The van der Waals surface area contributed by atoms with E-state index >= 15 is 0 Å². The Morgan fingerprint density at radius 1 is 1.45 bits per heavy atom. The molecule has 116 valence electrons. The SMILES string of the molecule is CCn1cc(NC(=O)c2cc(SC)ccc2Cl)c(C(N)=O)n1. The molecule has 1 aromatic carbocycles. The molecule has 0 saturated heterocycles. The number of anilines is 1. The number of benzene rings is 1. The summed E-state index contributed by atoms with van der Waals surface area (Å²) in [4.78, 5) is 24.7. The highest BCUT2D eigenvalue weighted by Crippen LogP contribution is 2.24. The van der Waals surface area contributed by atoms with Gasteiger partial charge >= 0.3 is 0 Å². The second-order valence-corrected chi connectivity index (χ2v) is 5.70. The highest BCUT2D eigenvalue weighted by atomic mass is 35.5. The van der Waals surface area contributed by atoms with Crippen molar-refractivity contribution in [2.24, 2.45) is 5.73 Å². The summed E-state index contributed by atoms with van der Waals surface area (Å²) >= 11 is 7.57. The maximum atomic E-state index is 12.4. The molecule has 0 spiro atoms. The van der Waals surface area contributed by atoms with E-state index in [1.54, 1.807) is 18.3 Å². The number of carbonyl (C=O) groups is 2. The topological polar surface area (TPSA) is 90.0 Å². The number of rotatable bonds is 5. The first-order chi connectivity index (χ1) is 10.5. The second kappa shape index (κ2) is 6.85. The molecule has 0 aliphatic carbocycles. The van der Waals surface area contributed by atoms with E-state index in [1.165, 1.54) is 16.4 Å². The van der Waals surface area contributed by atoms with Gasteiger partial charge in [-0.2, -0.15) is 5.10 Å². The van der Waals surface area contributed by atoms with Crippen molar-refractivity contribution in [1.82, 2.24) is 9.78 Å². The summed E-state index contributed by atoms with van der Waals surface area (Å²) in [5, 5.41) is 6.99. The molecule has 0 bridgehead atoms. The van der Waals surface area contributed by atoms with E-state index in [1.807, 2.05) is 19.2 Å². The number of hydrogen-bond acceptors (Lipinski definition) is 4. The molecule has 0 saturated carbocycles. The minimum atomic E-state index is -0.702. The van der Waals surface area contributed by atoms with Crippen LogP contribution in [0, 0.1) is 0 Å². The number of nitrogens with one attached hydrogen (secondary N) is 1. The van der Waals surface area contributed by atoms with Gasteiger partial charge in [-0.15, -0.1) is 11.8 Å². The summed E-state index contributed by atoms with van der Waals surface area (Å²) in [6.07, 6.45) is 3.46. The number of aryl methyl sites for hydroxylation is 1. The van der Waals surface area contributed by atoms with Crippen LogP contribution in [0.4, 0.5) is 5.69 Å². The van der Waals surface area contributed by atoms with Crippen LogP contribution in [-0.4, -0.2) is 27.9 Å². The van der Waals surface area contributed by atoms with E-state index in [9.17, 15) is 9.59 Å². The smallest absolute Gasteiger partial charge is 0.271 e. The lowest BCUT2D eigenvalue weighted by molar-refractivity contribution is 0.0995. The zero-order valence-corrected chi connectivity index (χ0v) is 13.7. The van der Waals surface area contributed by atoms with Crippen LogP contribution in [0.25, 0.3) is 0 Å². The molecule has 22 heavy (non-hydrogen) atoms. The molecule has 1 aromatic heterocycles. The molecule has 2 aromatic rings. The molecule has 2 amide bonds. The number of hydrogen-bond donors (Lipinski definition) is 2. The van der Waals surface area contributed by atoms with Gasteiger partial charge in [0, 0.05) is 17.6 Å². The fourth-order valence-corrected chi connectivity index (χ4v) is 2.50. The monoisotopic (exact) mass is 338 g/mol. The van der Waals surface area contributed by atoms with Crippen LogP contribution in [0.1, 0.15) is 27.8 Å². The molecule has 2 rings (SSSR count). The maximum absolute atomic E-state index is 12.4. The normalized spacial score (nSPS) is 10.5. The molecule has 8 heteroatoms. The molecule has 0 radical (unpaired) electrons. The fourth-order valence-electron chi connectivity index (χ4n) is 1.85. The van der Waals surface area contributed by atoms with Gasteiger partial charge in [-0.25, -0.2) is 0 Å². The van der Waals surface area contributed by atoms with Crippen molar-refractivity contribution in [3.63, 3.8) is 0 Å². The quantitative estimate of drug-likeness (QED) is 0.820. The Morgan fingerprint density at radius 2 is 2.18 bits per heavy atom. The predicted octanol–water partition coefficient (Wildman–Crippen LogP) is 2.63. The Bertz CT molecular complexity index is 730. The summed E-state index contributed by atoms with van der Waals surface area (Å²) < 4.78 is 1.52. The molecular formula is C14H15ClN4O2S. The van der Waals surface area contributed by atoms with Gasteiger partial charge < -0.3 is 11.1 Å². The Balaban J connectivity index is 2.33. The first-order valence-electron chi connectivity index (χ1n) is 6.48. The van der Waals surface area contributed by atoms with Crippen molar-refractivity contribution < 1.29 is 9.59 Å². The largest absolute Gasteiger partial charge is 0.364 e. The third-order valence-corrected chi connectivity index (χ3v) is 4.04. The standard InChI is InChI=1S/C14H15ClN4O2S/c1-3-19-7-11(12(18-19)13(16)20)17-14(21)9-6-8(22-2)4-5-10(9)15/h4-7H,3H2,1-2H3,(H2,16,20)(H,17,21). The van der Waals surface area contributed by atoms with Crippen LogP contribution in [0.3, 0.4) is 0 Å². The minimum Gasteiger partial charge on any atom is -0.364 e. The molecule has 3 N–H and O–H groups in total. The summed E-state index contributed by atoms with van der Waals surface area (Å²) in [6, 6.07) is 5.18. The molecular weight excluding hydrogens is 324 g/mol. The van der Waals surface area contributed by atoms with E-state index in [-0.39, 0.29) is 11.4 Å². The summed E-state index contributed by atoms with van der Waals surface area (Å²) in [6.45, 7) is 2.42. The number of amides is 2. The first-order valence-corrected chi connectivity index (χ1v) is 8.08. The third-order valence-electron chi connectivity index (χ3n) is 2.99. The summed E-state index contributed by atoms with van der Waals surface area (Å²) in [5.41, 5.74) is 5.89. The molecule has 0 unspecified atom stereocenters. The van der Waals surface area contributed by atoms with E-state index in [0.717, 1.165) is 4.90 Å². The Hall–Kier alpha value is -1.99. The number of nitrogens with two attached hydrogens (primary N) is 1. The summed E-state index contributed by atoms with van der Waals surface area (Å²) in [7, 11) is 0. The van der Waals surface area contributed by atoms with Gasteiger partial charge in [-0.3, -0.25) is 14.3 Å². The Kier molecular flexibility index (Phi) is 5.10. The number of nitrogens with zero attached hydrogens (tertiary/aromatic N) is 2. The Labute approximate surface area is 137 Å². The van der Waals surface area contributed by atoms with E-state index in [4.69, 9.17) is 17.3 Å². The highest BCUT2D eigenvalue weighted by Gasteiger charge is 2.18. The summed E-state index contributed by atoms with van der Waals surface area (Å²) in [5.74, 6) is -1.12. The average Bonchev–Trinajstić information content (AvgIpc) is 2.91. The van der Waals surface area contributed by atoms with Crippen LogP contribution in [0.5, 0.6) is 0 Å². The van der Waals surface area contributed by atoms with Gasteiger partial charge in [-0.1, -0.05) is 11.6 Å². The number of thioether (sulfide) groups is 1. The van der Waals surface area contributed by atoms with E-state index in [0.29, 0.717) is 17.1 Å². The number of halogens is 1. The number of primary amides is 1. The molecule has 0 fully saturated rings. The van der Waals surface area contributed by atoms with Gasteiger partial charge in [0.25, 0.3) is 11.8 Å². The lowest BCUT2D eigenvalue weighted by Crippen LogP contribution is -2.18. The van der Waals surface area contributed by atoms with Crippen molar-refractivity contribution >= 4 is 40.9 Å². The molecule has 0 aliphatic heterocycles. The van der Waals surface area contributed by atoms with E-state index < -0.39 is 11.8 Å². The molecule has 0 atom stereocenters. The Morgan fingerprint density at radius 3 is 2.77 bits per heavy atom. The minimum absolute atomic E-state index is 0.0207.